The lowest BCUT2D eigenvalue weighted by molar-refractivity contribution is 0.176. The molecule has 1 fully saturated rings. The SMILES string of the molecule is CC(C)C1CCCN1CCC(C)(C)CN. The molecular weight excluding hydrogens is 184 g/mol. The van der Waals surface area contributed by atoms with Gasteiger partial charge in [0.15, 0.2) is 0 Å². The average molecular weight is 212 g/mol. The molecule has 0 bridgehead atoms. The second-order valence-electron chi connectivity index (χ2n) is 6.11. The van der Waals surface area contributed by atoms with Gasteiger partial charge in [-0.25, -0.2) is 0 Å². The first-order valence-electron chi connectivity index (χ1n) is 6.40. The molecule has 0 spiro atoms. The van der Waals surface area contributed by atoms with Gasteiger partial charge >= 0.3 is 0 Å². The van der Waals surface area contributed by atoms with Crippen molar-refractivity contribution in [3.63, 3.8) is 0 Å². The van der Waals surface area contributed by atoms with Crippen LogP contribution in [0.1, 0.15) is 47.0 Å². The molecule has 1 rings (SSSR count). The van der Waals surface area contributed by atoms with Gasteiger partial charge in [-0.15, -0.1) is 0 Å². The Morgan fingerprint density at radius 1 is 1.40 bits per heavy atom. The van der Waals surface area contributed by atoms with E-state index in [0.717, 1.165) is 18.5 Å². The van der Waals surface area contributed by atoms with Gasteiger partial charge in [-0.2, -0.15) is 0 Å². The van der Waals surface area contributed by atoms with Crippen molar-refractivity contribution >= 4 is 0 Å². The first-order valence-corrected chi connectivity index (χ1v) is 6.40. The molecule has 1 unspecified atom stereocenters. The molecule has 1 heterocycles. The van der Waals surface area contributed by atoms with Crippen LogP contribution in [0.3, 0.4) is 0 Å². The van der Waals surface area contributed by atoms with Crippen LogP contribution in [0.15, 0.2) is 0 Å². The van der Waals surface area contributed by atoms with Crippen LogP contribution in [-0.2, 0) is 0 Å². The number of nitrogens with two attached hydrogens (primary N) is 1. The lowest BCUT2D eigenvalue weighted by atomic mass is 9.89. The van der Waals surface area contributed by atoms with Crippen molar-refractivity contribution in [1.82, 2.24) is 4.90 Å². The fourth-order valence-corrected chi connectivity index (χ4v) is 2.43. The Morgan fingerprint density at radius 2 is 2.07 bits per heavy atom. The highest BCUT2D eigenvalue weighted by Crippen LogP contribution is 2.26. The minimum Gasteiger partial charge on any atom is -0.330 e. The lowest BCUT2D eigenvalue weighted by Crippen LogP contribution is -2.37. The second kappa shape index (κ2) is 5.31. The quantitative estimate of drug-likeness (QED) is 0.758. The van der Waals surface area contributed by atoms with E-state index in [1.807, 2.05) is 0 Å². The Labute approximate surface area is 95.2 Å². The van der Waals surface area contributed by atoms with E-state index in [9.17, 15) is 0 Å². The van der Waals surface area contributed by atoms with Crippen LogP contribution < -0.4 is 5.73 Å². The van der Waals surface area contributed by atoms with Crippen LogP contribution in [0, 0.1) is 11.3 Å². The molecule has 0 saturated carbocycles. The van der Waals surface area contributed by atoms with Gasteiger partial charge in [-0.05, 0) is 50.2 Å². The van der Waals surface area contributed by atoms with Gasteiger partial charge in [0.25, 0.3) is 0 Å². The van der Waals surface area contributed by atoms with E-state index in [-0.39, 0.29) is 0 Å². The van der Waals surface area contributed by atoms with E-state index in [2.05, 4.69) is 32.6 Å². The molecule has 2 heteroatoms. The normalized spacial score (nSPS) is 24.0. The van der Waals surface area contributed by atoms with E-state index in [1.165, 1.54) is 32.4 Å². The molecule has 0 amide bonds. The maximum Gasteiger partial charge on any atom is 0.0119 e. The van der Waals surface area contributed by atoms with Crippen LogP contribution in [0.2, 0.25) is 0 Å². The van der Waals surface area contributed by atoms with E-state index >= 15 is 0 Å². The zero-order chi connectivity index (χ0) is 11.5. The van der Waals surface area contributed by atoms with Gasteiger partial charge < -0.3 is 10.6 Å². The van der Waals surface area contributed by atoms with Crippen molar-refractivity contribution in [2.24, 2.45) is 17.1 Å². The third-order valence-corrected chi connectivity index (χ3v) is 3.81. The van der Waals surface area contributed by atoms with Crippen LogP contribution in [-0.4, -0.2) is 30.6 Å². The molecule has 2 N–H and O–H groups in total. The van der Waals surface area contributed by atoms with Crippen molar-refractivity contribution in [3.8, 4) is 0 Å². The number of nitrogens with zero attached hydrogens (tertiary/aromatic N) is 1. The highest BCUT2D eigenvalue weighted by Gasteiger charge is 2.28. The highest BCUT2D eigenvalue weighted by atomic mass is 15.2. The van der Waals surface area contributed by atoms with E-state index < -0.39 is 0 Å². The molecule has 1 aliphatic rings. The Kier molecular flexibility index (Phi) is 4.60. The molecule has 1 saturated heterocycles. The van der Waals surface area contributed by atoms with E-state index in [4.69, 9.17) is 5.73 Å². The minimum atomic E-state index is 0.310. The third-order valence-electron chi connectivity index (χ3n) is 3.81. The molecule has 0 aromatic heterocycles. The molecule has 1 aliphatic heterocycles. The molecule has 0 aliphatic carbocycles. The average Bonchev–Trinajstić information content (AvgIpc) is 2.63. The predicted molar refractivity (Wildman–Crippen MR) is 66.9 cm³/mol. The third kappa shape index (κ3) is 3.76. The predicted octanol–water partition coefficient (Wildman–Crippen LogP) is 2.48. The highest BCUT2D eigenvalue weighted by molar-refractivity contribution is 4.83. The summed E-state index contributed by atoms with van der Waals surface area (Å²) in [6.45, 7) is 12.6. The molecule has 15 heavy (non-hydrogen) atoms. The summed E-state index contributed by atoms with van der Waals surface area (Å²) in [6.07, 6.45) is 4.00. The number of likely N-dealkylation sites (tertiary alicyclic amines) is 1. The fraction of sp³-hybridized carbons (Fsp3) is 1.00. The Hall–Kier alpha value is -0.0800. The first kappa shape index (κ1) is 13.0. The van der Waals surface area contributed by atoms with Gasteiger partial charge in [0, 0.05) is 6.04 Å². The van der Waals surface area contributed by atoms with Crippen LogP contribution in [0.25, 0.3) is 0 Å². The topological polar surface area (TPSA) is 29.3 Å². The largest absolute Gasteiger partial charge is 0.330 e. The van der Waals surface area contributed by atoms with Crippen LogP contribution >= 0.6 is 0 Å². The van der Waals surface area contributed by atoms with Gasteiger partial charge in [-0.1, -0.05) is 27.7 Å². The van der Waals surface area contributed by atoms with Crippen molar-refractivity contribution < 1.29 is 0 Å². The molecule has 90 valence electrons. The minimum absolute atomic E-state index is 0.310. The molecular formula is C13H28N2. The summed E-state index contributed by atoms with van der Waals surface area (Å²) in [6, 6.07) is 0.818. The lowest BCUT2D eigenvalue weighted by Gasteiger charge is -2.31. The summed E-state index contributed by atoms with van der Waals surface area (Å²) in [5.74, 6) is 0.800. The summed E-state index contributed by atoms with van der Waals surface area (Å²) in [4.78, 5) is 2.67. The van der Waals surface area contributed by atoms with Crippen LogP contribution in [0.4, 0.5) is 0 Å². The Balaban J connectivity index is 2.38. The first-order chi connectivity index (χ1) is 6.96. The van der Waals surface area contributed by atoms with Gasteiger partial charge in [0.1, 0.15) is 0 Å². The Bertz CT molecular complexity index is 187. The fourth-order valence-electron chi connectivity index (χ4n) is 2.43. The summed E-state index contributed by atoms with van der Waals surface area (Å²) in [5, 5.41) is 0. The Morgan fingerprint density at radius 3 is 2.60 bits per heavy atom. The molecule has 0 aromatic rings. The number of hydrogen-bond donors (Lipinski definition) is 1. The summed E-state index contributed by atoms with van der Waals surface area (Å²) >= 11 is 0. The zero-order valence-electron chi connectivity index (χ0n) is 10.9. The molecule has 1 atom stereocenters. The van der Waals surface area contributed by atoms with Crippen molar-refractivity contribution in [3.05, 3.63) is 0 Å². The maximum atomic E-state index is 5.77. The maximum absolute atomic E-state index is 5.77. The zero-order valence-corrected chi connectivity index (χ0v) is 10.9. The van der Waals surface area contributed by atoms with E-state index in [1.54, 1.807) is 0 Å². The van der Waals surface area contributed by atoms with Crippen molar-refractivity contribution in [2.75, 3.05) is 19.6 Å². The number of rotatable bonds is 5. The van der Waals surface area contributed by atoms with Crippen molar-refractivity contribution in [1.29, 1.82) is 0 Å². The smallest absolute Gasteiger partial charge is 0.0119 e. The van der Waals surface area contributed by atoms with Gasteiger partial charge in [0.2, 0.25) is 0 Å². The molecule has 2 nitrogen and oxygen atoms in total. The van der Waals surface area contributed by atoms with E-state index in [0.29, 0.717) is 5.41 Å². The summed E-state index contributed by atoms with van der Waals surface area (Å²) in [7, 11) is 0. The number of hydrogen-bond acceptors (Lipinski definition) is 2. The molecule has 0 aromatic carbocycles. The van der Waals surface area contributed by atoms with Crippen LogP contribution in [0.5, 0.6) is 0 Å². The van der Waals surface area contributed by atoms with Gasteiger partial charge in [-0.3, -0.25) is 0 Å². The summed E-state index contributed by atoms with van der Waals surface area (Å²) in [5.41, 5.74) is 6.08. The monoisotopic (exact) mass is 212 g/mol. The standard InChI is InChI=1S/C13H28N2/c1-11(2)12-6-5-8-15(12)9-7-13(3,4)10-14/h11-12H,5-10,14H2,1-4H3. The summed E-state index contributed by atoms with van der Waals surface area (Å²) < 4.78 is 0. The van der Waals surface area contributed by atoms with Gasteiger partial charge in [0.05, 0.1) is 0 Å². The molecule has 0 radical (unpaired) electrons. The second-order valence-corrected chi connectivity index (χ2v) is 6.11. The van der Waals surface area contributed by atoms with Crippen molar-refractivity contribution in [2.45, 2.75) is 53.0 Å².